The third-order valence-electron chi connectivity index (χ3n) is 10.4. The number of likely N-dealkylation sites (tertiary alicyclic amines) is 1. The molecule has 0 saturated carbocycles. The fraction of sp³-hybridized carbons (Fsp3) is 0.364. The highest BCUT2D eigenvalue weighted by atomic mass is 35.5. The Bertz CT molecular complexity index is 2470. The third-order valence-corrected chi connectivity index (χ3v) is 11.2. The number of aromatic nitrogens is 3. The Balaban J connectivity index is 1.11. The van der Waals surface area contributed by atoms with Crippen LogP contribution in [0.3, 0.4) is 0 Å². The van der Waals surface area contributed by atoms with Crippen molar-refractivity contribution in [3.63, 3.8) is 0 Å². The summed E-state index contributed by atoms with van der Waals surface area (Å²) in [6.45, 7) is 8.17. The number of nitrogens with zero attached hydrogens (tertiary/aromatic N) is 5. The molecule has 0 spiro atoms. The Kier molecular flexibility index (Phi) is 12.6. The highest BCUT2D eigenvalue weighted by Gasteiger charge is 2.29. The van der Waals surface area contributed by atoms with Gasteiger partial charge in [-0.05, 0) is 63.4 Å². The smallest absolute Gasteiger partial charge is 0.410 e. The molecule has 2 saturated heterocycles. The maximum absolute atomic E-state index is 13.4. The number of amides is 3. The molecule has 15 heteroatoms. The highest BCUT2D eigenvalue weighted by Crippen LogP contribution is 2.42. The van der Waals surface area contributed by atoms with E-state index in [9.17, 15) is 19.2 Å². The summed E-state index contributed by atoms with van der Waals surface area (Å²) in [6, 6.07) is 18.5. The summed E-state index contributed by atoms with van der Waals surface area (Å²) in [5, 5.41) is 7.09. The zero-order valence-corrected chi connectivity index (χ0v) is 35.0. The minimum atomic E-state index is -0.709. The lowest BCUT2D eigenvalue weighted by atomic mass is 9.97. The van der Waals surface area contributed by atoms with Crippen LogP contribution in [0.15, 0.2) is 77.9 Å². The SMILES string of the molecule is COc1nc(-c2cccc(-c3cccc(-c4ccn5c(=O)c(CNCCN6CCCC6=O)cnc5c4)c3Cl)c2Cl)ccc1CN(C[C@@H]1CCC(=O)N1)C(=O)OC(C)(C)C. The average Bonchev–Trinajstić information content (AvgIpc) is 3.82. The van der Waals surface area contributed by atoms with Crippen LogP contribution >= 0.6 is 23.2 Å². The summed E-state index contributed by atoms with van der Waals surface area (Å²) in [4.78, 5) is 63.3. The van der Waals surface area contributed by atoms with E-state index in [1.807, 2.05) is 86.3 Å². The highest BCUT2D eigenvalue weighted by molar-refractivity contribution is 6.39. The Morgan fingerprint density at radius 1 is 0.966 bits per heavy atom. The zero-order valence-electron chi connectivity index (χ0n) is 33.5. The van der Waals surface area contributed by atoms with E-state index in [1.54, 1.807) is 17.3 Å². The van der Waals surface area contributed by atoms with Gasteiger partial charge in [-0.3, -0.25) is 18.8 Å². The lowest BCUT2D eigenvalue weighted by Crippen LogP contribution is -2.43. The van der Waals surface area contributed by atoms with Crippen molar-refractivity contribution in [3.8, 4) is 39.4 Å². The second-order valence-electron chi connectivity index (χ2n) is 15.8. The van der Waals surface area contributed by atoms with E-state index in [0.29, 0.717) is 94.0 Å². The summed E-state index contributed by atoms with van der Waals surface area (Å²) >= 11 is 14.3. The first kappa shape index (κ1) is 41.7. The molecule has 5 aromatic rings. The molecule has 1 atom stereocenters. The van der Waals surface area contributed by atoms with Gasteiger partial charge in [0.05, 0.1) is 29.4 Å². The number of hydrogen-bond donors (Lipinski definition) is 2. The minimum absolute atomic E-state index is 0.0396. The quantitative estimate of drug-likeness (QED) is 0.118. The average molecular weight is 841 g/mol. The van der Waals surface area contributed by atoms with Crippen LogP contribution in [0.4, 0.5) is 4.79 Å². The van der Waals surface area contributed by atoms with Gasteiger partial charge in [0.25, 0.3) is 5.56 Å². The first-order valence-corrected chi connectivity index (χ1v) is 20.4. The molecule has 2 aliphatic rings. The van der Waals surface area contributed by atoms with Crippen molar-refractivity contribution in [1.29, 1.82) is 0 Å². The summed E-state index contributed by atoms with van der Waals surface area (Å²) < 4.78 is 13.0. The van der Waals surface area contributed by atoms with Crippen molar-refractivity contribution < 1.29 is 23.9 Å². The van der Waals surface area contributed by atoms with E-state index < -0.39 is 11.7 Å². The standard InChI is InChI=1S/C44H47Cl2N7O6/c1-44(2,3)59-43(57)52(26-30-14-16-37(54)49-30)25-28-13-15-35(50-41(28)58-4)34-11-6-10-33(40(34)46)32-9-5-8-31(39(32)45)27-17-20-53-36(22-27)48-24-29(42(53)56)23-47-18-21-51-19-7-12-38(51)55/h5-6,8-11,13,15,17,20,22,24,30,47H,7,12,14,16,18-19,21,23,25-26H2,1-4H3,(H,49,54)/t30-/m0/s1. The Labute approximate surface area is 352 Å². The number of fused-ring (bicyclic) bond motifs is 1. The maximum atomic E-state index is 13.4. The predicted octanol–water partition coefficient (Wildman–Crippen LogP) is 7.13. The normalized spacial score (nSPS) is 15.5. The molecular formula is C44H47Cl2N7O6. The molecule has 7 rings (SSSR count). The van der Waals surface area contributed by atoms with E-state index in [2.05, 4.69) is 15.6 Å². The molecule has 2 N–H and O–H groups in total. The van der Waals surface area contributed by atoms with E-state index in [0.717, 1.165) is 24.1 Å². The number of methoxy groups -OCH3 is 1. The van der Waals surface area contributed by atoms with Crippen molar-refractivity contribution >= 4 is 46.8 Å². The van der Waals surface area contributed by atoms with Gasteiger partial charge in [-0.2, -0.15) is 0 Å². The van der Waals surface area contributed by atoms with E-state index in [-0.39, 0.29) is 36.5 Å². The van der Waals surface area contributed by atoms with Crippen LogP contribution in [-0.2, 0) is 27.4 Å². The number of carbonyl (C=O) groups is 3. The van der Waals surface area contributed by atoms with E-state index >= 15 is 0 Å². The zero-order chi connectivity index (χ0) is 41.8. The summed E-state index contributed by atoms with van der Waals surface area (Å²) in [6.07, 6.45) is 5.31. The molecule has 59 heavy (non-hydrogen) atoms. The molecule has 2 aliphatic heterocycles. The molecule has 0 aliphatic carbocycles. The largest absolute Gasteiger partial charge is 0.481 e. The molecule has 13 nitrogen and oxygen atoms in total. The number of nitrogens with one attached hydrogen (secondary N) is 2. The van der Waals surface area contributed by atoms with Crippen LogP contribution in [0.5, 0.6) is 5.88 Å². The second kappa shape index (κ2) is 17.8. The third kappa shape index (κ3) is 9.53. The number of rotatable bonds is 13. The van der Waals surface area contributed by atoms with Gasteiger partial charge >= 0.3 is 6.09 Å². The molecule has 308 valence electrons. The van der Waals surface area contributed by atoms with Gasteiger partial charge in [-0.15, -0.1) is 0 Å². The fourth-order valence-corrected chi connectivity index (χ4v) is 8.07. The Hall–Kier alpha value is -5.50. The molecule has 0 radical (unpaired) electrons. The lowest BCUT2D eigenvalue weighted by molar-refractivity contribution is -0.127. The molecule has 5 heterocycles. The van der Waals surface area contributed by atoms with Crippen molar-refractivity contribution in [3.05, 3.63) is 105 Å². The number of benzene rings is 2. The molecule has 3 amide bonds. The minimum Gasteiger partial charge on any atom is -0.481 e. The summed E-state index contributed by atoms with van der Waals surface area (Å²) in [5.41, 5.74) is 4.88. The summed E-state index contributed by atoms with van der Waals surface area (Å²) in [5.74, 6) is 0.451. The topological polar surface area (TPSA) is 147 Å². The second-order valence-corrected chi connectivity index (χ2v) is 16.5. The first-order valence-electron chi connectivity index (χ1n) is 19.7. The molecule has 2 aromatic carbocycles. The first-order chi connectivity index (χ1) is 28.3. The lowest BCUT2D eigenvalue weighted by Gasteiger charge is -2.29. The number of carbonyl (C=O) groups excluding carboxylic acids is 3. The number of ether oxygens (including phenoxy) is 2. The number of hydrogen-bond acceptors (Lipinski definition) is 9. The molecular weight excluding hydrogens is 793 g/mol. The maximum Gasteiger partial charge on any atom is 0.410 e. The van der Waals surface area contributed by atoms with Crippen molar-refractivity contribution in [1.82, 2.24) is 34.8 Å². The van der Waals surface area contributed by atoms with Crippen molar-refractivity contribution in [2.45, 2.75) is 71.2 Å². The molecule has 0 bridgehead atoms. The van der Waals surface area contributed by atoms with E-state index in [1.165, 1.54) is 11.5 Å². The van der Waals surface area contributed by atoms with Gasteiger partial charge in [-0.1, -0.05) is 59.6 Å². The Morgan fingerprint density at radius 2 is 1.69 bits per heavy atom. The van der Waals surface area contributed by atoms with Gasteiger partial charge in [0.15, 0.2) is 0 Å². The predicted molar refractivity (Wildman–Crippen MR) is 227 cm³/mol. The number of halogens is 2. The van der Waals surface area contributed by atoms with Gasteiger partial charge < -0.3 is 29.9 Å². The monoisotopic (exact) mass is 839 g/mol. The fourth-order valence-electron chi connectivity index (χ4n) is 7.41. The van der Waals surface area contributed by atoms with Gasteiger partial charge in [0.2, 0.25) is 17.7 Å². The molecule has 0 unspecified atom stereocenters. The van der Waals surface area contributed by atoms with Crippen LogP contribution < -0.4 is 20.9 Å². The Morgan fingerprint density at radius 3 is 2.37 bits per heavy atom. The number of pyridine rings is 2. The van der Waals surface area contributed by atoms with Gasteiger partial charge in [0, 0.05) is 97.4 Å². The van der Waals surface area contributed by atoms with Crippen LogP contribution in [0, 0.1) is 0 Å². The van der Waals surface area contributed by atoms with Crippen molar-refractivity contribution in [2.75, 3.05) is 33.3 Å². The van der Waals surface area contributed by atoms with Crippen LogP contribution in [0.25, 0.3) is 39.2 Å². The van der Waals surface area contributed by atoms with Gasteiger partial charge in [-0.25, -0.2) is 14.8 Å². The summed E-state index contributed by atoms with van der Waals surface area (Å²) in [7, 11) is 1.52. The van der Waals surface area contributed by atoms with Crippen LogP contribution in [0.1, 0.15) is 57.6 Å². The van der Waals surface area contributed by atoms with Crippen molar-refractivity contribution in [2.24, 2.45) is 0 Å². The van der Waals surface area contributed by atoms with Crippen LogP contribution in [-0.4, -0.2) is 87.0 Å². The van der Waals surface area contributed by atoms with E-state index in [4.69, 9.17) is 37.7 Å². The molecule has 2 fully saturated rings. The van der Waals surface area contributed by atoms with Gasteiger partial charge in [0.1, 0.15) is 11.2 Å². The molecule has 3 aromatic heterocycles. The van der Waals surface area contributed by atoms with Crippen LogP contribution in [0.2, 0.25) is 10.0 Å².